The lowest BCUT2D eigenvalue weighted by Gasteiger charge is -2.24. The van der Waals surface area contributed by atoms with E-state index in [1.54, 1.807) is 48.3 Å². The van der Waals surface area contributed by atoms with Crippen molar-refractivity contribution in [3.05, 3.63) is 99.4 Å². The standard InChI is InChI=1S/C26H20F2N4O3S/c1-31-22(9-10-29-31)15-11-23(36-14-15)24(33)30-16(12-19-20(27)7-4-8-21(19)28)13-32-25(34)17-5-2-3-6-18(17)26(32)35/h2-11,14,16H,12-13H2,1H3,(H,30,33)/t16-/m0/s1. The molecule has 2 aromatic carbocycles. The molecule has 3 amide bonds. The van der Waals surface area contributed by atoms with Crippen LogP contribution in [0.5, 0.6) is 0 Å². The van der Waals surface area contributed by atoms with E-state index in [1.165, 1.54) is 17.4 Å². The van der Waals surface area contributed by atoms with E-state index >= 15 is 0 Å². The summed E-state index contributed by atoms with van der Waals surface area (Å²) in [6.07, 6.45) is 1.39. The maximum absolute atomic E-state index is 14.4. The van der Waals surface area contributed by atoms with Crippen molar-refractivity contribution in [3.63, 3.8) is 0 Å². The number of nitrogens with zero attached hydrogens (tertiary/aromatic N) is 3. The van der Waals surface area contributed by atoms with E-state index in [2.05, 4.69) is 10.4 Å². The topological polar surface area (TPSA) is 84.3 Å². The number of nitrogens with one attached hydrogen (secondary N) is 1. The van der Waals surface area contributed by atoms with Gasteiger partial charge in [0.05, 0.1) is 27.7 Å². The summed E-state index contributed by atoms with van der Waals surface area (Å²) in [6, 6.07) is 12.5. The van der Waals surface area contributed by atoms with E-state index in [4.69, 9.17) is 0 Å². The molecule has 0 saturated carbocycles. The summed E-state index contributed by atoms with van der Waals surface area (Å²) < 4.78 is 30.6. The number of aromatic nitrogens is 2. The summed E-state index contributed by atoms with van der Waals surface area (Å²) in [5.74, 6) is -3.05. The third kappa shape index (κ3) is 4.31. The first-order valence-electron chi connectivity index (χ1n) is 11.1. The molecule has 0 radical (unpaired) electrons. The molecule has 0 aliphatic carbocycles. The fourth-order valence-electron chi connectivity index (χ4n) is 4.26. The van der Waals surface area contributed by atoms with Gasteiger partial charge in [-0.2, -0.15) is 5.10 Å². The number of carbonyl (C=O) groups excluding carboxylic acids is 3. The first-order chi connectivity index (χ1) is 17.3. The highest BCUT2D eigenvalue weighted by molar-refractivity contribution is 7.12. The molecule has 2 aromatic heterocycles. The number of thiophene rings is 1. The van der Waals surface area contributed by atoms with Gasteiger partial charge in [0.25, 0.3) is 17.7 Å². The van der Waals surface area contributed by atoms with Crippen molar-refractivity contribution in [2.45, 2.75) is 12.5 Å². The molecule has 7 nitrogen and oxygen atoms in total. The number of halogens is 2. The van der Waals surface area contributed by atoms with Crippen molar-refractivity contribution in [1.82, 2.24) is 20.0 Å². The van der Waals surface area contributed by atoms with Gasteiger partial charge in [-0.3, -0.25) is 24.0 Å². The number of imide groups is 1. The molecule has 1 atom stereocenters. The van der Waals surface area contributed by atoms with Gasteiger partial charge in [0.15, 0.2) is 0 Å². The van der Waals surface area contributed by atoms with Crippen molar-refractivity contribution >= 4 is 29.1 Å². The molecule has 3 heterocycles. The quantitative estimate of drug-likeness (QED) is 0.383. The van der Waals surface area contributed by atoms with Crippen molar-refractivity contribution in [3.8, 4) is 11.3 Å². The molecule has 0 unspecified atom stereocenters. The predicted molar refractivity (Wildman–Crippen MR) is 130 cm³/mol. The molecule has 0 fully saturated rings. The highest BCUT2D eigenvalue weighted by atomic mass is 32.1. The fraction of sp³-hybridized carbons (Fsp3) is 0.154. The molecular formula is C26H20F2N4O3S. The molecule has 10 heteroatoms. The van der Waals surface area contributed by atoms with Crippen LogP contribution in [0, 0.1) is 11.6 Å². The van der Waals surface area contributed by atoms with Gasteiger partial charge >= 0.3 is 0 Å². The van der Waals surface area contributed by atoms with Crippen molar-refractivity contribution < 1.29 is 23.2 Å². The van der Waals surface area contributed by atoms with Gasteiger partial charge in [-0.05, 0) is 36.4 Å². The van der Waals surface area contributed by atoms with Crippen LogP contribution in [0.3, 0.4) is 0 Å². The Morgan fingerprint density at radius 1 is 1.03 bits per heavy atom. The van der Waals surface area contributed by atoms with Crippen molar-refractivity contribution in [2.75, 3.05) is 6.54 Å². The zero-order valence-corrected chi connectivity index (χ0v) is 19.9. The number of rotatable bonds is 7. The number of amides is 3. The van der Waals surface area contributed by atoms with E-state index in [0.29, 0.717) is 4.88 Å². The molecule has 1 aliphatic rings. The van der Waals surface area contributed by atoms with Crippen LogP contribution < -0.4 is 5.32 Å². The highest BCUT2D eigenvalue weighted by Crippen LogP contribution is 2.26. The van der Waals surface area contributed by atoms with Gasteiger partial charge in [0.1, 0.15) is 11.6 Å². The predicted octanol–water partition coefficient (Wildman–Crippen LogP) is 4.06. The second kappa shape index (κ2) is 9.46. The molecule has 0 spiro atoms. The van der Waals surface area contributed by atoms with Crippen LogP contribution in [0.1, 0.15) is 36.0 Å². The van der Waals surface area contributed by atoms with E-state index < -0.39 is 35.4 Å². The van der Waals surface area contributed by atoms with E-state index in [9.17, 15) is 23.2 Å². The summed E-state index contributed by atoms with van der Waals surface area (Å²) in [7, 11) is 1.79. The molecule has 1 aliphatic heterocycles. The van der Waals surface area contributed by atoms with Crippen LogP contribution in [0.15, 0.2) is 66.2 Å². The Kier molecular flexibility index (Phi) is 6.19. The van der Waals surface area contributed by atoms with Crippen LogP contribution in [-0.2, 0) is 13.5 Å². The maximum Gasteiger partial charge on any atom is 0.261 e. The molecule has 36 heavy (non-hydrogen) atoms. The Bertz CT molecular complexity index is 1440. The average molecular weight is 507 g/mol. The first kappa shape index (κ1) is 23.6. The Balaban J connectivity index is 1.41. The first-order valence-corrected chi connectivity index (χ1v) is 12.0. The third-order valence-electron chi connectivity index (χ3n) is 6.07. The van der Waals surface area contributed by atoms with Gasteiger partial charge in [0, 0.05) is 42.7 Å². The normalized spacial score (nSPS) is 13.7. The molecule has 0 saturated heterocycles. The number of benzene rings is 2. The number of hydrogen-bond acceptors (Lipinski definition) is 5. The Morgan fingerprint density at radius 3 is 2.31 bits per heavy atom. The van der Waals surface area contributed by atoms with E-state index in [1.807, 2.05) is 11.4 Å². The zero-order chi connectivity index (χ0) is 25.4. The lowest BCUT2D eigenvalue weighted by atomic mass is 10.0. The summed E-state index contributed by atoms with van der Waals surface area (Å²) in [6.45, 7) is -0.244. The Labute approximate surface area is 209 Å². The second-order valence-corrected chi connectivity index (χ2v) is 9.29. The Hall–Kier alpha value is -4.18. The lowest BCUT2D eigenvalue weighted by Crippen LogP contribution is -2.47. The van der Waals surface area contributed by atoms with Gasteiger partial charge in [0.2, 0.25) is 0 Å². The van der Waals surface area contributed by atoms with E-state index in [0.717, 1.165) is 28.3 Å². The Morgan fingerprint density at radius 2 is 1.69 bits per heavy atom. The van der Waals surface area contributed by atoms with Gasteiger partial charge in [-0.25, -0.2) is 8.78 Å². The van der Waals surface area contributed by atoms with Crippen molar-refractivity contribution in [2.24, 2.45) is 7.05 Å². The minimum absolute atomic E-state index is 0.235. The van der Waals surface area contributed by atoms with E-state index in [-0.39, 0.29) is 29.7 Å². The van der Waals surface area contributed by atoms with Crippen molar-refractivity contribution in [1.29, 1.82) is 0 Å². The monoisotopic (exact) mass is 506 g/mol. The fourth-order valence-corrected chi connectivity index (χ4v) is 5.07. The van der Waals surface area contributed by atoms with Crippen LogP contribution in [0.25, 0.3) is 11.3 Å². The number of aryl methyl sites for hydroxylation is 1. The highest BCUT2D eigenvalue weighted by Gasteiger charge is 2.37. The summed E-state index contributed by atoms with van der Waals surface area (Å²) in [5.41, 5.74) is 1.89. The average Bonchev–Trinajstić information content (AvgIpc) is 3.57. The second-order valence-electron chi connectivity index (χ2n) is 8.38. The third-order valence-corrected chi connectivity index (χ3v) is 7.00. The number of hydrogen-bond donors (Lipinski definition) is 1. The van der Waals surface area contributed by atoms with Crippen LogP contribution in [-0.4, -0.2) is 45.0 Å². The summed E-state index contributed by atoms with van der Waals surface area (Å²) in [5, 5.41) is 8.71. The minimum atomic E-state index is -0.937. The zero-order valence-electron chi connectivity index (χ0n) is 19.1. The summed E-state index contributed by atoms with van der Waals surface area (Å²) >= 11 is 1.20. The van der Waals surface area contributed by atoms with Crippen LogP contribution >= 0.6 is 11.3 Å². The number of carbonyl (C=O) groups is 3. The lowest BCUT2D eigenvalue weighted by molar-refractivity contribution is 0.0628. The molecular weight excluding hydrogens is 486 g/mol. The molecule has 5 rings (SSSR count). The SMILES string of the molecule is Cn1nccc1-c1csc(C(=O)N[C@@H](Cc2c(F)cccc2F)CN2C(=O)c3ccccc3C2=O)c1. The van der Waals surface area contributed by atoms with Gasteiger partial charge in [-0.15, -0.1) is 11.3 Å². The molecule has 4 aromatic rings. The smallest absolute Gasteiger partial charge is 0.261 e. The molecule has 0 bridgehead atoms. The number of fused-ring (bicyclic) bond motifs is 1. The van der Waals surface area contributed by atoms with Crippen LogP contribution in [0.2, 0.25) is 0 Å². The molecule has 182 valence electrons. The van der Waals surface area contributed by atoms with Gasteiger partial charge in [-0.1, -0.05) is 18.2 Å². The maximum atomic E-state index is 14.4. The largest absolute Gasteiger partial charge is 0.346 e. The molecule has 1 N–H and O–H groups in total. The summed E-state index contributed by atoms with van der Waals surface area (Å²) in [4.78, 5) is 40.3. The minimum Gasteiger partial charge on any atom is -0.346 e. The van der Waals surface area contributed by atoms with Crippen LogP contribution in [0.4, 0.5) is 8.78 Å². The van der Waals surface area contributed by atoms with Gasteiger partial charge < -0.3 is 5.32 Å².